The van der Waals surface area contributed by atoms with Gasteiger partial charge < -0.3 is 14.9 Å². The molecule has 1 aromatic heterocycles. The summed E-state index contributed by atoms with van der Waals surface area (Å²) in [4.78, 5) is 21.3. The normalized spacial score (nSPS) is 20.1. The van der Waals surface area contributed by atoms with Crippen molar-refractivity contribution in [1.82, 2.24) is 14.9 Å². The van der Waals surface area contributed by atoms with Gasteiger partial charge in [0.15, 0.2) is 0 Å². The molecule has 0 aliphatic carbocycles. The highest BCUT2D eigenvalue weighted by atomic mass is 19.4. The van der Waals surface area contributed by atoms with Crippen molar-refractivity contribution < 1.29 is 23.1 Å². The molecule has 0 radical (unpaired) electrons. The maximum Gasteiger partial charge on any atom is 0.419 e. The van der Waals surface area contributed by atoms with Crippen molar-refractivity contribution in [2.75, 3.05) is 24.5 Å². The number of piperazine rings is 1. The number of hydrogen-bond donors (Lipinski definition) is 1. The van der Waals surface area contributed by atoms with E-state index in [1.807, 2.05) is 0 Å². The van der Waals surface area contributed by atoms with E-state index in [0.717, 1.165) is 12.4 Å². The second-order valence-electron chi connectivity index (χ2n) is 4.54. The third-order valence-electron chi connectivity index (χ3n) is 3.12. The van der Waals surface area contributed by atoms with Gasteiger partial charge in [-0.05, 0) is 6.92 Å². The average molecular weight is 290 g/mol. The van der Waals surface area contributed by atoms with Gasteiger partial charge >= 0.3 is 12.3 Å². The van der Waals surface area contributed by atoms with Crippen LogP contribution in [0.3, 0.4) is 0 Å². The van der Waals surface area contributed by atoms with Crippen LogP contribution >= 0.6 is 0 Å². The Balaban J connectivity index is 2.08. The summed E-state index contributed by atoms with van der Waals surface area (Å²) < 4.78 is 37.2. The minimum atomic E-state index is -4.46. The summed E-state index contributed by atoms with van der Waals surface area (Å²) >= 11 is 0. The van der Waals surface area contributed by atoms with E-state index in [0.29, 0.717) is 13.1 Å². The Morgan fingerprint density at radius 1 is 1.35 bits per heavy atom. The predicted molar refractivity (Wildman–Crippen MR) is 63.4 cm³/mol. The number of carbonyl (C=O) groups is 1. The van der Waals surface area contributed by atoms with Gasteiger partial charge in [0.05, 0.1) is 5.56 Å². The lowest BCUT2D eigenvalue weighted by Crippen LogP contribution is -2.54. The molecule has 1 N–H and O–H groups in total. The predicted octanol–water partition coefficient (Wildman–Crippen LogP) is 1.68. The lowest BCUT2D eigenvalue weighted by molar-refractivity contribution is -0.138. The number of nitrogens with zero attached hydrogens (tertiary/aromatic N) is 4. The van der Waals surface area contributed by atoms with Crippen molar-refractivity contribution >= 4 is 12.0 Å². The highest BCUT2D eigenvalue weighted by molar-refractivity contribution is 5.66. The zero-order valence-electron chi connectivity index (χ0n) is 10.6. The highest BCUT2D eigenvalue weighted by Gasteiger charge is 2.32. The van der Waals surface area contributed by atoms with Gasteiger partial charge in [0, 0.05) is 38.1 Å². The first-order valence-electron chi connectivity index (χ1n) is 5.93. The number of hydrogen-bond acceptors (Lipinski definition) is 4. The standard InChI is InChI=1S/C11H13F3N4O2/c1-7-6-17(2-3-18(7)10(19)20)9-15-4-8(5-16-9)11(12,13)14/h4-5,7H,2-3,6H2,1H3,(H,19,20)/t7-/m1/s1. The van der Waals surface area contributed by atoms with Gasteiger partial charge in [-0.3, -0.25) is 0 Å². The first kappa shape index (κ1) is 14.4. The molecule has 1 aliphatic rings. The van der Waals surface area contributed by atoms with Gasteiger partial charge in [0.2, 0.25) is 5.95 Å². The number of aromatic nitrogens is 2. The maximum absolute atomic E-state index is 12.4. The van der Waals surface area contributed by atoms with E-state index in [1.54, 1.807) is 11.8 Å². The molecule has 20 heavy (non-hydrogen) atoms. The molecule has 1 atom stereocenters. The fourth-order valence-corrected chi connectivity index (χ4v) is 2.05. The van der Waals surface area contributed by atoms with Gasteiger partial charge in [0.1, 0.15) is 0 Å². The summed E-state index contributed by atoms with van der Waals surface area (Å²) in [5.41, 5.74) is -0.904. The van der Waals surface area contributed by atoms with Crippen LogP contribution in [0.2, 0.25) is 0 Å². The topological polar surface area (TPSA) is 69.6 Å². The van der Waals surface area contributed by atoms with Crippen LogP contribution < -0.4 is 4.90 Å². The van der Waals surface area contributed by atoms with E-state index in [4.69, 9.17) is 5.11 Å². The number of rotatable bonds is 1. The van der Waals surface area contributed by atoms with Crippen molar-refractivity contribution in [3.63, 3.8) is 0 Å². The summed E-state index contributed by atoms with van der Waals surface area (Å²) in [6.07, 6.45) is -4.01. The molecule has 9 heteroatoms. The SMILES string of the molecule is C[C@@H]1CN(c2ncc(C(F)(F)F)cn2)CCN1C(=O)O. The first-order chi connectivity index (χ1) is 9.29. The summed E-state index contributed by atoms with van der Waals surface area (Å²) in [7, 11) is 0. The van der Waals surface area contributed by atoms with Crippen molar-refractivity contribution in [3.05, 3.63) is 18.0 Å². The fraction of sp³-hybridized carbons (Fsp3) is 0.545. The van der Waals surface area contributed by atoms with E-state index in [1.165, 1.54) is 4.90 Å². The molecule has 6 nitrogen and oxygen atoms in total. The van der Waals surface area contributed by atoms with E-state index in [-0.39, 0.29) is 18.5 Å². The molecule has 1 amide bonds. The second-order valence-corrected chi connectivity index (χ2v) is 4.54. The minimum Gasteiger partial charge on any atom is -0.465 e. The maximum atomic E-state index is 12.4. The summed E-state index contributed by atoms with van der Waals surface area (Å²) in [5, 5.41) is 8.94. The summed E-state index contributed by atoms with van der Waals surface area (Å²) in [6, 6.07) is -0.271. The van der Waals surface area contributed by atoms with Crippen LogP contribution in [-0.4, -0.2) is 51.7 Å². The van der Waals surface area contributed by atoms with Gasteiger partial charge in [0.25, 0.3) is 0 Å². The van der Waals surface area contributed by atoms with Crippen LogP contribution in [0.5, 0.6) is 0 Å². The number of carboxylic acid groups (broad SMARTS) is 1. The van der Waals surface area contributed by atoms with Gasteiger partial charge in [-0.2, -0.15) is 13.2 Å². The smallest absolute Gasteiger partial charge is 0.419 e. The molecule has 1 aliphatic heterocycles. The number of alkyl halides is 3. The highest BCUT2D eigenvalue weighted by Crippen LogP contribution is 2.28. The van der Waals surface area contributed by atoms with E-state index in [9.17, 15) is 18.0 Å². The molecular weight excluding hydrogens is 277 g/mol. The van der Waals surface area contributed by atoms with Crippen molar-refractivity contribution in [1.29, 1.82) is 0 Å². The van der Waals surface area contributed by atoms with Crippen LogP contribution in [0.4, 0.5) is 23.9 Å². The summed E-state index contributed by atoms with van der Waals surface area (Å²) in [5.74, 6) is 0.176. The molecule has 110 valence electrons. The molecule has 1 fully saturated rings. The van der Waals surface area contributed by atoms with Gasteiger partial charge in [-0.1, -0.05) is 0 Å². The molecule has 0 spiro atoms. The lowest BCUT2D eigenvalue weighted by atomic mass is 10.2. The van der Waals surface area contributed by atoms with E-state index in [2.05, 4.69) is 9.97 Å². The second kappa shape index (κ2) is 5.14. The Kier molecular flexibility index (Phi) is 3.69. The Morgan fingerprint density at radius 3 is 2.40 bits per heavy atom. The zero-order valence-corrected chi connectivity index (χ0v) is 10.6. The quantitative estimate of drug-likeness (QED) is 0.852. The molecule has 0 aromatic carbocycles. The average Bonchev–Trinajstić information content (AvgIpc) is 2.37. The Hall–Kier alpha value is -2.06. The monoisotopic (exact) mass is 290 g/mol. The van der Waals surface area contributed by atoms with Crippen LogP contribution in [0.15, 0.2) is 12.4 Å². The van der Waals surface area contributed by atoms with Gasteiger partial charge in [-0.25, -0.2) is 14.8 Å². The molecule has 0 unspecified atom stereocenters. The zero-order chi connectivity index (χ0) is 14.9. The van der Waals surface area contributed by atoms with E-state index >= 15 is 0 Å². The Morgan fingerprint density at radius 2 is 1.95 bits per heavy atom. The minimum absolute atomic E-state index is 0.176. The third kappa shape index (κ3) is 2.91. The van der Waals surface area contributed by atoms with Gasteiger partial charge in [-0.15, -0.1) is 0 Å². The van der Waals surface area contributed by atoms with E-state index < -0.39 is 17.8 Å². The van der Waals surface area contributed by atoms with Crippen molar-refractivity contribution in [2.24, 2.45) is 0 Å². The fourth-order valence-electron chi connectivity index (χ4n) is 2.05. The molecule has 0 bridgehead atoms. The molecule has 2 heterocycles. The largest absolute Gasteiger partial charge is 0.465 e. The third-order valence-corrected chi connectivity index (χ3v) is 3.12. The van der Waals surface area contributed by atoms with Crippen LogP contribution in [0, 0.1) is 0 Å². The molecular formula is C11H13F3N4O2. The summed E-state index contributed by atoms with van der Waals surface area (Å²) in [6.45, 7) is 2.69. The number of halogens is 3. The molecule has 1 aromatic rings. The Labute approximate surface area is 112 Å². The lowest BCUT2D eigenvalue weighted by Gasteiger charge is -2.38. The van der Waals surface area contributed by atoms with Crippen molar-refractivity contribution in [2.45, 2.75) is 19.1 Å². The van der Waals surface area contributed by atoms with Crippen LogP contribution in [0.25, 0.3) is 0 Å². The molecule has 0 saturated carbocycles. The number of amides is 1. The molecule has 2 rings (SSSR count). The molecule has 1 saturated heterocycles. The van der Waals surface area contributed by atoms with Crippen LogP contribution in [0.1, 0.15) is 12.5 Å². The van der Waals surface area contributed by atoms with Crippen molar-refractivity contribution in [3.8, 4) is 0 Å². The van der Waals surface area contributed by atoms with Crippen LogP contribution in [-0.2, 0) is 6.18 Å². The number of anilines is 1. The Bertz CT molecular complexity index is 491. The first-order valence-corrected chi connectivity index (χ1v) is 5.93.